The van der Waals surface area contributed by atoms with Crippen LogP contribution in [0, 0.1) is 0 Å². The monoisotopic (exact) mass is 262 g/mol. The van der Waals surface area contributed by atoms with Crippen molar-refractivity contribution >= 4 is 16.6 Å². The van der Waals surface area contributed by atoms with Crippen molar-refractivity contribution in [3.05, 3.63) is 40.7 Å². The number of hydrogen-bond donors (Lipinski definition) is 3. The van der Waals surface area contributed by atoms with Crippen molar-refractivity contribution < 1.29 is 10.2 Å². The van der Waals surface area contributed by atoms with Gasteiger partial charge in [0.2, 0.25) is 0 Å². The second-order valence-corrected chi connectivity index (χ2v) is 4.98. The second kappa shape index (κ2) is 5.03. The molecule has 102 valence electrons. The SMILES string of the molecule is Cn1c(=O)cc(NCC(C)(O)CO)c2ccccc21. The Morgan fingerprint density at radius 2 is 2.05 bits per heavy atom. The zero-order valence-corrected chi connectivity index (χ0v) is 11.1. The lowest BCUT2D eigenvalue weighted by Crippen LogP contribution is -2.37. The molecule has 1 unspecified atom stereocenters. The summed E-state index contributed by atoms with van der Waals surface area (Å²) in [5.74, 6) is 0. The van der Waals surface area contributed by atoms with Gasteiger partial charge in [0.15, 0.2) is 0 Å². The quantitative estimate of drug-likeness (QED) is 0.758. The van der Waals surface area contributed by atoms with Crippen LogP contribution in [0.4, 0.5) is 5.69 Å². The molecule has 19 heavy (non-hydrogen) atoms. The first kappa shape index (κ1) is 13.6. The van der Waals surface area contributed by atoms with Crippen LogP contribution < -0.4 is 10.9 Å². The van der Waals surface area contributed by atoms with Gasteiger partial charge in [-0.2, -0.15) is 0 Å². The Morgan fingerprint density at radius 1 is 1.37 bits per heavy atom. The van der Waals surface area contributed by atoms with Crippen molar-refractivity contribution in [3.63, 3.8) is 0 Å². The van der Waals surface area contributed by atoms with E-state index in [0.717, 1.165) is 10.9 Å². The molecule has 1 heterocycles. The van der Waals surface area contributed by atoms with Gasteiger partial charge >= 0.3 is 0 Å². The molecule has 1 aromatic heterocycles. The number of fused-ring (bicyclic) bond motifs is 1. The average Bonchev–Trinajstić information content (AvgIpc) is 2.41. The van der Waals surface area contributed by atoms with Gasteiger partial charge in [0.05, 0.1) is 12.1 Å². The van der Waals surface area contributed by atoms with Crippen LogP contribution >= 0.6 is 0 Å². The maximum absolute atomic E-state index is 11.9. The molecule has 0 bridgehead atoms. The smallest absolute Gasteiger partial charge is 0.252 e. The first-order chi connectivity index (χ1) is 8.94. The number of pyridine rings is 1. The molecule has 2 aromatic rings. The summed E-state index contributed by atoms with van der Waals surface area (Å²) in [5, 5.41) is 22.7. The van der Waals surface area contributed by atoms with Gasteiger partial charge in [0, 0.05) is 30.7 Å². The van der Waals surface area contributed by atoms with Gasteiger partial charge in [0.1, 0.15) is 5.60 Å². The predicted octanol–water partition coefficient (Wildman–Crippen LogP) is 0.694. The Balaban J connectivity index is 2.44. The highest BCUT2D eigenvalue weighted by atomic mass is 16.3. The van der Waals surface area contributed by atoms with E-state index in [1.807, 2.05) is 24.3 Å². The number of para-hydroxylation sites is 1. The van der Waals surface area contributed by atoms with Gasteiger partial charge in [-0.1, -0.05) is 18.2 Å². The number of aryl methyl sites for hydroxylation is 1. The molecular formula is C14H18N2O3. The van der Waals surface area contributed by atoms with Crippen LogP contribution in [0.25, 0.3) is 10.9 Å². The number of rotatable bonds is 4. The number of nitrogens with one attached hydrogen (secondary N) is 1. The number of aliphatic hydroxyl groups excluding tert-OH is 1. The van der Waals surface area contributed by atoms with Crippen LogP contribution in [0.1, 0.15) is 6.92 Å². The number of aliphatic hydroxyl groups is 2. The minimum absolute atomic E-state index is 0.121. The first-order valence-corrected chi connectivity index (χ1v) is 6.10. The Kier molecular flexibility index (Phi) is 3.59. The molecule has 3 N–H and O–H groups in total. The summed E-state index contributed by atoms with van der Waals surface area (Å²) in [4.78, 5) is 11.9. The molecule has 0 aliphatic carbocycles. The summed E-state index contributed by atoms with van der Waals surface area (Å²) in [7, 11) is 1.72. The van der Waals surface area contributed by atoms with Crippen LogP contribution in [0.3, 0.4) is 0 Å². The van der Waals surface area contributed by atoms with Gasteiger partial charge in [-0.25, -0.2) is 0 Å². The van der Waals surface area contributed by atoms with Gasteiger partial charge in [-0.15, -0.1) is 0 Å². The van der Waals surface area contributed by atoms with Crippen molar-refractivity contribution in [1.82, 2.24) is 4.57 Å². The van der Waals surface area contributed by atoms with E-state index in [0.29, 0.717) is 5.69 Å². The van der Waals surface area contributed by atoms with E-state index in [1.54, 1.807) is 11.6 Å². The molecule has 0 aliphatic rings. The normalized spacial score (nSPS) is 14.3. The largest absolute Gasteiger partial charge is 0.393 e. The zero-order chi connectivity index (χ0) is 14.0. The predicted molar refractivity (Wildman–Crippen MR) is 75.4 cm³/mol. The number of benzene rings is 1. The Bertz CT molecular complexity index is 647. The minimum Gasteiger partial charge on any atom is -0.393 e. The summed E-state index contributed by atoms with van der Waals surface area (Å²) >= 11 is 0. The van der Waals surface area contributed by atoms with Crippen LogP contribution in [0.2, 0.25) is 0 Å². The Labute approximate surface area is 111 Å². The van der Waals surface area contributed by atoms with E-state index in [1.165, 1.54) is 13.0 Å². The van der Waals surface area contributed by atoms with E-state index >= 15 is 0 Å². The van der Waals surface area contributed by atoms with Gasteiger partial charge < -0.3 is 20.1 Å². The number of aromatic nitrogens is 1. The average molecular weight is 262 g/mol. The van der Waals surface area contributed by atoms with Crippen LogP contribution in [0.15, 0.2) is 35.1 Å². The summed E-state index contributed by atoms with van der Waals surface area (Å²) in [5.41, 5.74) is 0.140. The van der Waals surface area contributed by atoms with E-state index in [2.05, 4.69) is 5.32 Å². The molecule has 5 heteroatoms. The molecule has 0 radical (unpaired) electrons. The molecule has 0 spiro atoms. The lowest BCUT2D eigenvalue weighted by molar-refractivity contribution is 0.0132. The number of nitrogens with zero attached hydrogens (tertiary/aromatic N) is 1. The minimum atomic E-state index is -1.22. The lowest BCUT2D eigenvalue weighted by Gasteiger charge is -2.22. The van der Waals surface area contributed by atoms with Crippen molar-refractivity contribution in [2.45, 2.75) is 12.5 Å². The molecule has 1 aromatic carbocycles. The van der Waals surface area contributed by atoms with Crippen LogP contribution in [-0.4, -0.2) is 33.5 Å². The maximum Gasteiger partial charge on any atom is 0.252 e. The number of hydrogen-bond acceptors (Lipinski definition) is 4. The summed E-state index contributed by atoms with van der Waals surface area (Å²) in [6.45, 7) is 1.35. The summed E-state index contributed by atoms with van der Waals surface area (Å²) in [6, 6.07) is 9.03. The van der Waals surface area contributed by atoms with Crippen molar-refractivity contribution in [1.29, 1.82) is 0 Å². The van der Waals surface area contributed by atoms with Gasteiger partial charge in [-0.05, 0) is 13.0 Å². The van der Waals surface area contributed by atoms with E-state index < -0.39 is 5.60 Å². The summed E-state index contributed by atoms with van der Waals surface area (Å²) in [6.07, 6.45) is 0. The molecule has 0 aliphatic heterocycles. The highest BCUT2D eigenvalue weighted by Gasteiger charge is 2.19. The highest BCUT2D eigenvalue weighted by molar-refractivity contribution is 5.91. The molecular weight excluding hydrogens is 244 g/mol. The molecule has 0 fully saturated rings. The number of anilines is 1. The lowest BCUT2D eigenvalue weighted by atomic mass is 10.1. The van der Waals surface area contributed by atoms with Crippen LogP contribution in [-0.2, 0) is 7.05 Å². The fourth-order valence-corrected chi connectivity index (χ4v) is 1.90. The molecule has 2 rings (SSSR count). The molecule has 0 saturated heterocycles. The third-order valence-electron chi connectivity index (χ3n) is 3.15. The van der Waals surface area contributed by atoms with Crippen molar-refractivity contribution in [2.24, 2.45) is 7.05 Å². The molecule has 1 atom stereocenters. The Morgan fingerprint density at radius 3 is 2.74 bits per heavy atom. The zero-order valence-electron chi connectivity index (χ0n) is 11.1. The third-order valence-corrected chi connectivity index (χ3v) is 3.15. The molecule has 5 nitrogen and oxygen atoms in total. The maximum atomic E-state index is 11.9. The van der Waals surface area contributed by atoms with E-state index in [4.69, 9.17) is 5.11 Å². The third kappa shape index (κ3) is 2.77. The van der Waals surface area contributed by atoms with Crippen molar-refractivity contribution in [2.75, 3.05) is 18.5 Å². The van der Waals surface area contributed by atoms with Crippen molar-refractivity contribution in [3.8, 4) is 0 Å². The van der Waals surface area contributed by atoms with Gasteiger partial charge in [0.25, 0.3) is 5.56 Å². The van der Waals surface area contributed by atoms with Crippen LogP contribution in [0.5, 0.6) is 0 Å². The highest BCUT2D eigenvalue weighted by Crippen LogP contribution is 2.21. The standard InChI is InChI=1S/C14H18N2O3/c1-14(19,9-17)8-15-11-7-13(18)16(2)12-6-4-3-5-10(11)12/h3-7,15,17,19H,8-9H2,1-2H3. The summed E-state index contributed by atoms with van der Waals surface area (Å²) < 4.78 is 1.57. The molecule has 0 amide bonds. The topological polar surface area (TPSA) is 74.5 Å². The fraction of sp³-hybridized carbons (Fsp3) is 0.357. The Hall–Kier alpha value is -1.85. The first-order valence-electron chi connectivity index (χ1n) is 6.10. The van der Waals surface area contributed by atoms with E-state index in [9.17, 15) is 9.90 Å². The van der Waals surface area contributed by atoms with Gasteiger partial charge in [-0.3, -0.25) is 4.79 Å². The fourth-order valence-electron chi connectivity index (χ4n) is 1.90. The molecule has 0 saturated carbocycles. The van der Waals surface area contributed by atoms with E-state index in [-0.39, 0.29) is 18.7 Å². The second-order valence-electron chi connectivity index (χ2n) is 4.98.